The van der Waals surface area contributed by atoms with Crippen LogP contribution in [0.25, 0.3) is 0 Å². The van der Waals surface area contributed by atoms with Gasteiger partial charge in [0.05, 0.1) is 7.11 Å². The van der Waals surface area contributed by atoms with E-state index in [-0.39, 0.29) is 5.82 Å². The van der Waals surface area contributed by atoms with Crippen molar-refractivity contribution in [2.24, 2.45) is 5.92 Å². The number of aryl methyl sites for hydroxylation is 1. The lowest BCUT2D eigenvalue weighted by atomic mass is 9.97. The summed E-state index contributed by atoms with van der Waals surface area (Å²) in [6.07, 6.45) is 1.97. The monoisotopic (exact) mass is 223 g/mol. The maximum Gasteiger partial charge on any atom is 0.130 e. The fourth-order valence-corrected chi connectivity index (χ4v) is 2.30. The van der Waals surface area contributed by atoms with E-state index in [2.05, 4.69) is 5.32 Å². The van der Waals surface area contributed by atoms with Gasteiger partial charge in [-0.3, -0.25) is 0 Å². The first-order chi connectivity index (χ1) is 7.70. The minimum atomic E-state index is -0.144. The Labute approximate surface area is 95.8 Å². The second-order valence-corrected chi connectivity index (χ2v) is 4.48. The standard InChI is InChI=1S/C13H18FNO/c1-9-5-11(6-10-3-4-15-8-10)12(14)7-13(9)16-2/h5,7,10,15H,3-4,6,8H2,1-2H3. The Kier molecular flexibility index (Phi) is 3.44. The van der Waals surface area contributed by atoms with Crippen molar-refractivity contribution in [3.05, 3.63) is 29.1 Å². The average Bonchev–Trinajstić information content (AvgIpc) is 2.75. The van der Waals surface area contributed by atoms with Crippen molar-refractivity contribution in [2.75, 3.05) is 20.2 Å². The van der Waals surface area contributed by atoms with Crippen LogP contribution in [0.3, 0.4) is 0 Å². The number of benzene rings is 1. The van der Waals surface area contributed by atoms with Gasteiger partial charge < -0.3 is 10.1 Å². The highest BCUT2D eigenvalue weighted by molar-refractivity contribution is 5.37. The summed E-state index contributed by atoms with van der Waals surface area (Å²) in [5.74, 6) is 1.06. The molecule has 1 saturated heterocycles. The number of halogens is 1. The molecule has 0 radical (unpaired) electrons. The van der Waals surface area contributed by atoms with E-state index in [1.807, 2.05) is 13.0 Å². The molecule has 1 aliphatic heterocycles. The van der Waals surface area contributed by atoms with Crippen molar-refractivity contribution in [3.8, 4) is 5.75 Å². The maximum absolute atomic E-state index is 13.8. The minimum Gasteiger partial charge on any atom is -0.496 e. The van der Waals surface area contributed by atoms with E-state index < -0.39 is 0 Å². The van der Waals surface area contributed by atoms with E-state index >= 15 is 0 Å². The number of nitrogens with one attached hydrogen (secondary N) is 1. The fourth-order valence-electron chi connectivity index (χ4n) is 2.30. The summed E-state index contributed by atoms with van der Waals surface area (Å²) in [4.78, 5) is 0. The summed E-state index contributed by atoms with van der Waals surface area (Å²) in [6, 6.07) is 3.40. The van der Waals surface area contributed by atoms with Gasteiger partial charge in [-0.25, -0.2) is 4.39 Å². The van der Waals surface area contributed by atoms with Gasteiger partial charge in [0.25, 0.3) is 0 Å². The van der Waals surface area contributed by atoms with Gasteiger partial charge >= 0.3 is 0 Å². The smallest absolute Gasteiger partial charge is 0.130 e. The van der Waals surface area contributed by atoms with Crippen molar-refractivity contribution < 1.29 is 9.13 Å². The zero-order valence-corrected chi connectivity index (χ0v) is 9.85. The lowest BCUT2D eigenvalue weighted by Gasteiger charge is -2.12. The number of methoxy groups -OCH3 is 1. The average molecular weight is 223 g/mol. The summed E-state index contributed by atoms with van der Waals surface area (Å²) >= 11 is 0. The second-order valence-electron chi connectivity index (χ2n) is 4.48. The maximum atomic E-state index is 13.8. The summed E-state index contributed by atoms with van der Waals surface area (Å²) in [7, 11) is 1.57. The molecule has 3 heteroatoms. The lowest BCUT2D eigenvalue weighted by molar-refractivity contribution is 0.407. The SMILES string of the molecule is COc1cc(F)c(CC2CCNC2)cc1C. The molecule has 2 rings (SSSR count). The number of ether oxygens (including phenoxy) is 1. The zero-order valence-electron chi connectivity index (χ0n) is 9.85. The van der Waals surface area contributed by atoms with E-state index in [1.54, 1.807) is 7.11 Å². The van der Waals surface area contributed by atoms with Gasteiger partial charge in [0.2, 0.25) is 0 Å². The molecule has 1 fully saturated rings. The van der Waals surface area contributed by atoms with Crippen LogP contribution in [0.5, 0.6) is 5.75 Å². The molecule has 1 aromatic rings. The van der Waals surface area contributed by atoms with Gasteiger partial charge in [-0.2, -0.15) is 0 Å². The number of rotatable bonds is 3. The molecule has 0 spiro atoms. The molecule has 88 valence electrons. The topological polar surface area (TPSA) is 21.3 Å². The van der Waals surface area contributed by atoms with Gasteiger partial charge in [-0.1, -0.05) is 0 Å². The highest BCUT2D eigenvalue weighted by Gasteiger charge is 2.17. The molecule has 0 bridgehead atoms. The first-order valence-electron chi connectivity index (χ1n) is 5.74. The van der Waals surface area contributed by atoms with Crippen LogP contribution < -0.4 is 10.1 Å². The number of hydrogen-bond donors (Lipinski definition) is 1. The first-order valence-corrected chi connectivity index (χ1v) is 5.74. The van der Waals surface area contributed by atoms with Crippen molar-refractivity contribution in [1.29, 1.82) is 0 Å². The molecule has 1 heterocycles. The molecule has 0 saturated carbocycles. The van der Waals surface area contributed by atoms with E-state index in [9.17, 15) is 4.39 Å². The van der Waals surface area contributed by atoms with Crippen LogP contribution in [0, 0.1) is 18.7 Å². The Balaban J connectivity index is 2.17. The third-order valence-corrected chi connectivity index (χ3v) is 3.23. The Hall–Kier alpha value is -1.09. The second kappa shape index (κ2) is 4.83. The Morgan fingerprint density at radius 3 is 2.94 bits per heavy atom. The van der Waals surface area contributed by atoms with Crippen LogP contribution >= 0.6 is 0 Å². The largest absolute Gasteiger partial charge is 0.496 e. The van der Waals surface area contributed by atoms with E-state index in [0.29, 0.717) is 11.7 Å². The first kappa shape index (κ1) is 11.4. The van der Waals surface area contributed by atoms with Crippen molar-refractivity contribution >= 4 is 0 Å². The predicted molar refractivity (Wildman–Crippen MR) is 62.4 cm³/mol. The van der Waals surface area contributed by atoms with Crippen molar-refractivity contribution in [1.82, 2.24) is 5.32 Å². The molecular formula is C13H18FNO. The van der Waals surface area contributed by atoms with Gasteiger partial charge in [0, 0.05) is 6.07 Å². The van der Waals surface area contributed by atoms with Crippen LogP contribution in [0.4, 0.5) is 4.39 Å². The Morgan fingerprint density at radius 2 is 2.31 bits per heavy atom. The molecule has 2 nitrogen and oxygen atoms in total. The number of hydrogen-bond acceptors (Lipinski definition) is 2. The summed E-state index contributed by atoms with van der Waals surface area (Å²) < 4.78 is 18.9. The van der Waals surface area contributed by atoms with E-state index in [1.165, 1.54) is 6.07 Å². The van der Waals surface area contributed by atoms with E-state index in [0.717, 1.165) is 37.1 Å². The summed E-state index contributed by atoms with van der Waals surface area (Å²) in [5.41, 5.74) is 1.82. The van der Waals surface area contributed by atoms with Crippen LogP contribution in [-0.4, -0.2) is 20.2 Å². The molecule has 1 N–H and O–H groups in total. The van der Waals surface area contributed by atoms with Gasteiger partial charge in [-0.15, -0.1) is 0 Å². The predicted octanol–water partition coefficient (Wildman–Crippen LogP) is 2.29. The van der Waals surface area contributed by atoms with Crippen LogP contribution in [0.15, 0.2) is 12.1 Å². The van der Waals surface area contributed by atoms with Crippen molar-refractivity contribution in [2.45, 2.75) is 19.8 Å². The quantitative estimate of drug-likeness (QED) is 0.849. The van der Waals surface area contributed by atoms with Crippen LogP contribution in [0.1, 0.15) is 17.5 Å². The molecular weight excluding hydrogens is 205 g/mol. The highest BCUT2D eigenvalue weighted by Crippen LogP contribution is 2.25. The van der Waals surface area contributed by atoms with Gasteiger partial charge in [0.1, 0.15) is 11.6 Å². The third-order valence-electron chi connectivity index (χ3n) is 3.23. The molecule has 0 aromatic heterocycles. The molecule has 1 atom stereocenters. The fraction of sp³-hybridized carbons (Fsp3) is 0.538. The van der Waals surface area contributed by atoms with Gasteiger partial charge in [0.15, 0.2) is 0 Å². The summed E-state index contributed by atoms with van der Waals surface area (Å²) in [6.45, 7) is 4.01. The normalized spacial score (nSPS) is 20.1. The van der Waals surface area contributed by atoms with E-state index in [4.69, 9.17) is 4.74 Å². The molecule has 1 aliphatic rings. The lowest BCUT2D eigenvalue weighted by Crippen LogP contribution is -2.11. The third kappa shape index (κ3) is 2.35. The van der Waals surface area contributed by atoms with Crippen LogP contribution in [0.2, 0.25) is 0 Å². The van der Waals surface area contributed by atoms with Crippen molar-refractivity contribution in [3.63, 3.8) is 0 Å². The highest BCUT2D eigenvalue weighted by atomic mass is 19.1. The summed E-state index contributed by atoms with van der Waals surface area (Å²) in [5, 5.41) is 3.30. The van der Waals surface area contributed by atoms with Crippen LogP contribution in [-0.2, 0) is 6.42 Å². The molecule has 0 amide bonds. The minimum absolute atomic E-state index is 0.144. The zero-order chi connectivity index (χ0) is 11.5. The molecule has 1 aromatic carbocycles. The van der Waals surface area contributed by atoms with Gasteiger partial charge in [-0.05, 0) is 56.0 Å². The Morgan fingerprint density at radius 1 is 1.50 bits per heavy atom. The Bertz CT molecular complexity index is 372. The molecule has 0 aliphatic carbocycles. The molecule has 16 heavy (non-hydrogen) atoms. The molecule has 1 unspecified atom stereocenters.